The Labute approximate surface area is 738 Å². The Kier molecular flexibility index (Phi) is 27.3. The van der Waals surface area contributed by atoms with Crippen LogP contribution in [0.15, 0.2) is 303 Å². The number of para-hydroxylation sites is 2. The summed E-state index contributed by atoms with van der Waals surface area (Å²) >= 11 is 0. The van der Waals surface area contributed by atoms with E-state index >= 15 is 0 Å². The van der Waals surface area contributed by atoms with Crippen molar-refractivity contribution in [3.63, 3.8) is 0 Å². The fourth-order valence-corrected chi connectivity index (χ4v) is 16.5. The van der Waals surface area contributed by atoms with E-state index in [9.17, 15) is 24.0 Å². The molecule has 25 heteroatoms. The van der Waals surface area contributed by atoms with Crippen LogP contribution < -0.4 is 15.4 Å². The van der Waals surface area contributed by atoms with Crippen molar-refractivity contribution < 1.29 is 28.7 Å². The molecule has 25 nitrogen and oxygen atoms in total. The van der Waals surface area contributed by atoms with Gasteiger partial charge in [0.25, 0.3) is 0 Å². The minimum absolute atomic E-state index is 0.0250. The summed E-state index contributed by atoms with van der Waals surface area (Å²) < 4.78 is 5.45. The summed E-state index contributed by atoms with van der Waals surface area (Å²) in [5, 5.41) is 44.1. The first-order valence-electron chi connectivity index (χ1n) is 43.1. The van der Waals surface area contributed by atoms with Crippen molar-refractivity contribution in [3.8, 4) is 62.0 Å². The Bertz CT molecular complexity index is 5980. The number of carbonyl (C=O) groups excluding carboxylic acids is 5. The molecular weight excluding hydrogens is 1590 g/mol. The van der Waals surface area contributed by atoms with Crippen molar-refractivity contribution >= 4 is 35.9 Å². The number of rotatable bonds is 13. The van der Waals surface area contributed by atoms with Crippen LogP contribution in [0.4, 0.5) is 29.7 Å². The predicted octanol–water partition coefficient (Wildman–Crippen LogP) is 19.1. The van der Waals surface area contributed by atoms with Gasteiger partial charge in [-0.25, -0.2) is 24.0 Å². The zero-order valence-electron chi connectivity index (χ0n) is 71.7. The normalized spacial score (nSPS) is 13.9. The van der Waals surface area contributed by atoms with Gasteiger partial charge in [-0.15, -0.1) is 0 Å². The van der Waals surface area contributed by atoms with Gasteiger partial charge >= 0.3 is 30.2 Å². The highest BCUT2D eigenvalue weighted by Gasteiger charge is 2.34. The third-order valence-electron chi connectivity index (χ3n) is 23.6. The van der Waals surface area contributed by atoms with E-state index in [1.165, 1.54) is 0 Å². The number of H-pyrrole nitrogens is 5. The van der Waals surface area contributed by atoms with Gasteiger partial charge in [0.05, 0.1) is 73.3 Å². The largest absolute Gasteiger partial charge is 0.415 e. The van der Waals surface area contributed by atoms with Gasteiger partial charge in [-0.05, 0) is 54.8 Å². The number of nitrogens with zero attached hydrogens (tertiary/aromatic N) is 12. The van der Waals surface area contributed by atoms with Crippen LogP contribution in [0.3, 0.4) is 0 Å². The van der Waals surface area contributed by atoms with E-state index in [0.717, 1.165) is 167 Å². The molecule has 7 N–H and O–H groups in total. The number of ether oxygens (including phenoxy) is 1. The monoisotopic (exact) mass is 1690 g/mol. The SMILES string of the molecule is CC(NC(=O)N1CCc2[nH]nc(-c3ccccc3)c2C1)c1ccccc1.CC(c1ccccc1)N(C)C(=O)N1CCc2[nH]nc(-c3ccccc3)c2C1.CN(Cc1ccccc1)C(=O)N1CCc2[nH]nc(-c3ccccc3)c2C1.O=C(Nc1ccccc1)N1CCc2[nH]nc(-c3ccccc3)c2C1.O=C(Oc1ccccc1)N1CCc2[nH]nc(-c3ccccc3)c2C1. The minimum atomic E-state index is -0.327. The first-order chi connectivity index (χ1) is 62.2. The average molecular weight is 1690 g/mol. The van der Waals surface area contributed by atoms with Crippen LogP contribution in [0.5, 0.6) is 5.75 Å². The topological polar surface area (TPSA) is 285 Å². The quantitative estimate of drug-likeness (QED) is 0.0570. The molecule has 2 unspecified atom stereocenters. The molecule has 0 saturated carbocycles. The predicted molar refractivity (Wildman–Crippen MR) is 493 cm³/mol. The van der Waals surface area contributed by atoms with Gasteiger partial charge < -0.3 is 49.7 Å². The summed E-state index contributed by atoms with van der Waals surface area (Å²) in [6.07, 6.45) is 3.61. The fraction of sp³-hybridized carbons (Fsp3) is 0.216. The highest BCUT2D eigenvalue weighted by Crippen LogP contribution is 2.36. The van der Waals surface area contributed by atoms with Gasteiger partial charge in [0.2, 0.25) is 0 Å². The number of nitrogens with one attached hydrogen (secondary N) is 7. The molecule has 642 valence electrons. The Hall–Kier alpha value is -15.4. The standard InChI is InChI=1S/C22H24N4O.2C21H22N4O.C19H18N4O.C19H17N3O2/c1-16(17-9-5-3-6-10-17)25(2)22(27)26-14-13-20-19(15-26)21(24-23-20)18-11-7-4-8-12-18;1-24(14-16-8-4-2-5-9-16)21(26)25-13-12-19-18(15-25)20(23-22-19)17-10-6-3-7-11-17;1-15(16-8-4-2-5-9-16)22-21(26)25-13-12-19-18(14-25)20(24-23-19)17-10-6-3-7-11-17;24-19(20-15-9-5-2-6-10-15)23-12-11-17-16(13-23)18(22-21-17)14-7-3-1-4-8-14;23-19(24-15-9-5-2-6-10-15)22-12-11-17-16(13-22)18(21-20-17)14-7-3-1-4-8-14/h3-12,16H,13-15H2,1-2H3,(H,23,24);2-11H,12-15H2,1H3,(H,22,23);2-11,15H,12-14H2,1H3,(H,22,26)(H,23,24);1-10H,11-13H2,(H,20,24)(H,21,22);1-10H,11-13H2,(H,20,21). The molecule has 0 radical (unpaired) electrons. The van der Waals surface area contributed by atoms with Gasteiger partial charge in [-0.2, -0.15) is 25.5 Å². The lowest BCUT2D eigenvalue weighted by molar-refractivity contribution is 0.144. The number of anilines is 1. The highest BCUT2D eigenvalue weighted by molar-refractivity contribution is 5.90. The number of aromatic nitrogens is 10. The van der Waals surface area contributed by atoms with Crippen LogP contribution >= 0.6 is 0 Å². The van der Waals surface area contributed by atoms with E-state index in [1.807, 2.05) is 300 Å². The summed E-state index contributed by atoms with van der Waals surface area (Å²) in [7, 11) is 3.74. The molecule has 0 fully saturated rings. The molecule has 10 aromatic carbocycles. The number of urea groups is 4. The molecule has 15 aromatic rings. The Morgan fingerprint density at radius 1 is 0.346 bits per heavy atom. The molecule has 5 aromatic heterocycles. The highest BCUT2D eigenvalue weighted by atomic mass is 16.6. The Morgan fingerprint density at radius 2 is 0.638 bits per heavy atom. The van der Waals surface area contributed by atoms with Crippen LogP contribution in [0.25, 0.3) is 56.3 Å². The third kappa shape index (κ3) is 20.8. The second kappa shape index (κ2) is 40.7. The number of hydrogen-bond donors (Lipinski definition) is 7. The maximum absolute atomic E-state index is 13.1. The van der Waals surface area contributed by atoms with Crippen LogP contribution in [-0.2, 0) is 71.4 Å². The zero-order chi connectivity index (χ0) is 87.4. The lowest BCUT2D eigenvalue weighted by Crippen LogP contribution is -2.44. The van der Waals surface area contributed by atoms with Crippen molar-refractivity contribution in [3.05, 3.63) is 376 Å². The molecule has 5 aliphatic heterocycles. The summed E-state index contributed by atoms with van der Waals surface area (Å²) in [5.41, 5.74) is 25.4. The molecule has 20 rings (SSSR count). The Balaban J connectivity index is 0.000000117. The average Bonchev–Trinajstić information content (AvgIpc) is 1.69. The third-order valence-corrected chi connectivity index (χ3v) is 23.6. The van der Waals surface area contributed by atoms with Gasteiger partial charge in [0, 0.05) is 175 Å². The summed E-state index contributed by atoms with van der Waals surface area (Å²) in [4.78, 5) is 76.6. The lowest BCUT2D eigenvalue weighted by Gasteiger charge is -2.34. The molecule has 5 aliphatic rings. The zero-order valence-corrected chi connectivity index (χ0v) is 71.7. The molecule has 0 aliphatic carbocycles. The molecule has 0 saturated heterocycles. The van der Waals surface area contributed by atoms with Gasteiger partial charge in [0.15, 0.2) is 0 Å². The first kappa shape index (κ1) is 85.2. The second-order valence-electron chi connectivity index (χ2n) is 32.0. The summed E-state index contributed by atoms with van der Waals surface area (Å²) in [6.45, 7) is 10.9. The van der Waals surface area contributed by atoms with Crippen molar-refractivity contribution in [2.24, 2.45) is 0 Å². The first-order valence-corrected chi connectivity index (χ1v) is 43.1. The molecular formula is C102H103N19O6. The number of carbonyl (C=O) groups is 5. The summed E-state index contributed by atoms with van der Waals surface area (Å²) in [5.74, 6) is 0.559. The van der Waals surface area contributed by atoms with E-state index in [-0.39, 0.29) is 42.3 Å². The number of aromatic amines is 5. The molecule has 9 amide bonds. The molecule has 0 spiro atoms. The van der Waals surface area contributed by atoms with Crippen molar-refractivity contribution in [2.75, 3.05) is 52.1 Å². The van der Waals surface area contributed by atoms with E-state index in [0.29, 0.717) is 77.7 Å². The smallest absolute Gasteiger partial charge is 0.410 e. The number of amides is 9. The second-order valence-corrected chi connectivity index (χ2v) is 32.0. The van der Waals surface area contributed by atoms with Crippen LogP contribution in [0.1, 0.15) is 98.9 Å². The van der Waals surface area contributed by atoms with Gasteiger partial charge in [-0.3, -0.25) is 25.5 Å². The van der Waals surface area contributed by atoms with E-state index in [4.69, 9.17) is 4.74 Å². The molecule has 127 heavy (non-hydrogen) atoms. The molecule has 10 heterocycles. The number of hydrogen-bond acceptors (Lipinski definition) is 11. The van der Waals surface area contributed by atoms with Crippen molar-refractivity contribution in [2.45, 2.75) is 97.3 Å². The molecule has 0 bridgehead atoms. The number of benzene rings is 10. The fourth-order valence-electron chi connectivity index (χ4n) is 16.5. The van der Waals surface area contributed by atoms with Crippen molar-refractivity contribution in [1.29, 1.82) is 0 Å². The van der Waals surface area contributed by atoms with E-state index in [2.05, 4.69) is 105 Å². The van der Waals surface area contributed by atoms with E-state index in [1.54, 1.807) is 21.9 Å². The van der Waals surface area contributed by atoms with E-state index < -0.39 is 0 Å². The maximum Gasteiger partial charge on any atom is 0.415 e. The van der Waals surface area contributed by atoms with Crippen LogP contribution in [-0.4, -0.2) is 162 Å². The summed E-state index contributed by atoms with van der Waals surface area (Å²) in [6, 6.07) is 99.3. The minimum Gasteiger partial charge on any atom is -0.410 e. The Morgan fingerprint density at radius 3 is 1.02 bits per heavy atom. The van der Waals surface area contributed by atoms with Gasteiger partial charge in [0.1, 0.15) is 5.75 Å². The molecule has 2 atom stereocenters. The maximum atomic E-state index is 13.1. The number of fused-ring (bicyclic) bond motifs is 5. The van der Waals surface area contributed by atoms with Crippen molar-refractivity contribution in [1.82, 2.24) is 90.6 Å². The lowest BCUT2D eigenvalue weighted by atomic mass is 10.0. The van der Waals surface area contributed by atoms with Crippen LogP contribution in [0.2, 0.25) is 0 Å². The van der Waals surface area contributed by atoms with Gasteiger partial charge in [-0.1, -0.05) is 279 Å². The van der Waals surface area contributed by atoms with Crippen LogP contribution in [0, 0.1) is 0 Å².